The maximum atomic E-state index is 13.8. The van der Waals surface area contributed by atoms with Gasteiger partial charge in [-0.2, -0.15) is 4.98 Å². The van der Waals surface area contributed by atoms with Crippen LogP contribution in [0.2, 0.25) is 0 Å². The molecule has 170 valence electrons. The van der Waals surface area contributed by atoms with Crippen molar-refractivity contribution in [2.24, 2.45) is 0 Å². The van der Waals surface area contributed by atoms with E-state index < -0.39 is 0 Å². The van der Waals surface area contributed by atoms with E-state index in [0.29, 0.717) is 6.04 Å². The van der Waals surface area contributed by atoms with Gasteiger partial charge in [-0.05, 0) is 49.8 Å². The molecule has 3 aliphatic rings. The maximum absolute atomic E-state index is 13.8. The van der Waals surface area contributed by atoms with Crippen LogP contribution in [0.3, 0.4) is 0 Å². The van der Waals surface area contributed by atoms with Crippen LogP contribution in [0.15, 0.2) is 64.3 Å². The summed E-state index contributed by atoms with van der Waals surface area (Å²) in [6.07, 6.45) is 11.9. The number of benzene rings is 2. The van der Waals surface area contributed by atoms with Gasteiger partial charge in [-0.1, -0.05) is 74.6 Å². The van der Waals surface area contributed by atoms with Crippen molar-refractivity contribution in [3.05, 3.63) is 81.9 Å². The molecule has 33 heavy (non-hydrogen) atoms. The second-order valence-corrected chi connectivity index (χ2v) is 11.2. The van der Waals surface area contributed by atoms with Crippen molar-refractivity contribution in [1.82, 2.24) is 9.55 Å². The average molecular weight is 457 g/mol. The van der Waals surface area contributed by atoms with Crippen LogP contribution in [0.5, 0.6) is 0 Å². The number of aromatic nitrogens is 2. The first-order valence-electron chi connectivity index (χ1n) is 12.7. The molecule has 0 aliphatic heterocycles. The van der Waals surface area contributed by atoms with E-state index in [2.05, 4.69) is 59.2 Å². The second kappa shape index (κ2) is 8.79. The Balaban J connectivity index is 1.56. The third-order valence-electron chi connectivity index (χ3n) is 8.14. The molecule has 4 heteroatoms. The largest absolute Gasteiger partial charge is 0.325 e. The fourth-order valence-corrected chi connectivity index (χ4v) is 7.51. The first kappa shape index (κ1) is 21.2. The molecule has 0 unspecified atom stereocenters. The molecule has 2 fully saturated rings. The Morgan fingerprint density at radius 2 is 1.64 bits per heavy atom. The lowest BCUT2D eigenvalue weighted by molar-refractivity contribution is 0.282. The summed E-state index contributed by atoms with van der Waals surface area (Å²) in [6.45, 7) is 0. The van der Waals surface area contributed by atoms with E-state index in [1.165, 1.54) is 66.7 Å². The quantitative estimate of drug-likeness (QED) is 0.394. The lowest BCUT2D eigenvalue weighted by atomic mass is 9.62. The van der Waals surface area contributed by atoms with Gasteiger partial charge >= 0.3 is 0 Å². The predicted octanol–water partition coefficient (Wildman–Crippen LogP) is 7.08. The monoisotopic (exact) mass is 456 g/mol. The SMILES string of the molecule is O=c1nc(CSc2ccccc2)n(C2CCCC2)c2c1C1(CCCCC1)Cc1ccccc1-2. The number of hydrogen-bond donors (Lipinski definition) is 0. The van der Waals surface area contributed by atoms with Crippen LogP contribution in [0.25, 0.3) is 11.3 Å². The summed E-state index contributed by atoms with van der Waals surface area (Å²) in [5.41, 5.74) is 4.97. The van der Waals surface area contributed by atoms with E-state index in [1.54, 1.807) is 11.8 Å². The topological polar surface area (TPSA) is 34.9 Å². The Kier molecular flexibility index (Phi) is 5.65. The van der Waals surface area contributed by atoms with Crippen LogP contribution in [0, 0.1) is 0 Å². The molecule has 3 aliphatic carbocycles. The highest BCUT2D eigenvalue weighted by Gasteiger charge is 2.44. The van der Waals surface area contributed by atoms with Gasteiger partial charge in [-0.3, -0.25) is 4.79 Å². The molecule has 1 heterocycles. The molecule has 0 radical (unpaired) electrons. The Morgan fingerprint density at radius 1 is 0.909 bits per heavy atom. The van der Waals surface area contributed by atoms with Crippen molar-refractivity contribution in [2.45, 2.75) is 86.3 Å². The Labute approximate surface area is 200 Å². The van der Waals surface area contributed by atoms with Crippen LogP contribution in [-0.2, 0) is 17.6 Å². The number of hydrogen-bond acceptors (Lipinski definition) is 3. The molecular formula is C29H32N2OS. The standard InChI is InChI=1S/C29H32N2OS/c32-28-26-27(24-16-8-5-11-21(24)19-29(26)17-9-2-10-18-29)31(22-12-6-7-13-22)25(30-28)20-33-23-14-3-1-4-15-23/h1,3-5,8,11,14-16,22H,2,6-7,9-10,12-13,17-20H2. The summed E-state index contributed by atoms with van der Waals surface area (Å²) in [7, 11) is 0. The first-order valence-corrected chi connectivity index (χ1v) is 13.7. The molecule has 0 saturated heterocycles. The lowest BCUT2D eigenvalue weighted by Gasteiger charge is -2.43. The van der Waals surface area contributed by atoms with Crippen molar-refractivity contribution < 1.29 is 0 Å². The predicted molar refractivity (Wildman–Crippen MR) is 136 cm³/mol. The molecule has 0 bridgehead atoms. The molecule has 2 aromatic carbocycles. The van der Waals surface area contributed by atoms with Gasteiger partial charge in [0.1, 0.15) is 5.82 Å². The van der Waals surface area contributed by atoms with Crippen LogP contribution in [0.1, 0.15) is 80.8 Å². The highest BCUT2D eigenvalue weighted by Crippen LogP contribution is 2.50. The number of rotatable bonds is 4. The van der Waals surface area contributed by atoms with Gasteiger partial charge in [0, 0.05) is 21.9 Å². The van der Waals surface area contributed by atoms with Gasteiger partial charge in [-0.15, -0.1) is 11.8 Å². The summed E-state index contributed by atoms with van der Waals surface area (Å²) in [6, 6.07) is 19.8. The van der Waals surface area contributed by atoms with Crippen molar-refractivity contribution in [3.8, 4) is 11.3 Å². The molecule has 6 rings (SSSR count). The minimum absolute atomic E-state index is 0.0303. The Morgan fingerprint density at radius 3 is 2.42 bits per heavy atom. The zero-order chi connectivity index (χ0) is 22.3. The minimum Gasteiger partial charge on any atom is -0.325 e. The number of thioether (sulfide) groups is 1. The summed E-state index contributed by atoms with van der Waals surface area (Å²) >= 11 is 1.79. The third kappa shape index (κ3) is 3.77. The van der Waals surface area contributed by atoms with Crippen molar-refractivity contribution in [1.29, 1.82) is 0 Å². The molecule has 1 aromatic heterocycles. The Bertz CT molecular complexity index is 1200. The van der Waals surface area contributed by atoms with Gasteiger partial charge in [0.05, 0.1) is 17.0 Å². The van der Waals surface area contributed by atoms with E-state index in [9.17, 15) is 4.79 Å². The van der Waals surface area contributed by atoms with E-state index in [0.717, 1.165) is 36.4 Å². The van der Waals surface area contributed by atoms with Gasteiger partial charge in [-0.25, -0.2) is 0 Å². The van der Waals surface area contributed by atoms with Crippen LogP contribution in [0.4, 0.5) is 0 Å². The summed E-state index contributed by atoms with van der Waals surface area (Å²) in [4.78, 5) is 19.9. The molecule has 0 N–H and O–H groups in total. The molecule has 1 spiro atoms. The molecule has 0 amide bonds. The normalized spacial score (nSPS) is 19.4. The summed E-state index contributed by atoms with van der Waals surface area (Å²) in [5, 5.41) is 0. The maximum Gasteiger partial charge on any atom is 0.277 e. The number of fused-ring (bicyclic) bond motifs is 4. The van der Waals surface area contributed by atoms with Gasteiger partial charge < -0.3 is 4.57 Å². The van der Waals surface area contributed by atoms with E-state index >= 15 is 0 Å². The Hall–Kier alpha value is -2.33. The third-order valence-corrected chi connectivity index (χ3v) is 9.15. The van der Waals surface area contributed by atoms with Crippen molar-refractivity contribution >= 4 is 11.8 Å². The molecule has 3 nitrogen and oxygen atoms in total. The van der Waals surface area contributed by atoms with E-state index in [-0.39, 0.29) is 11.0 Å². The molecule has 2 saturated carbocycles. The van der Waals surface area contributed by atoms with Crippen LogP contribution in [-0.4, -0.2) is 9.55 Å². The summed E-state index contributed by atoms with van der Waals surface area (Å²) in [5.74, 6) is 1.69. The lowest BCUT2D eigenvalue weighted by Crippen LogP contribution is -2.42. The van der Waals surface area contributed by atoms with Crippen molar-refractivity contribution in [3.63, 3.8) is 0 Å². The first-order chi connectivity index (χ1) is 16.3. The molecular weight excluding hydrogens is 424 g/mol. The van der Waals surface area contributed by atoms with Gasteiger partial charge in [0.2, 0.25) is 0 Å². The van der Waals surface area contributed by atoms with E-state index in [1.807, 2.05) is 0 Å². The number of nitrogens with zero attached hydrogens (tertiary/aromatic N) is 2. The highest BCUT2D eigenvalue weighted by atomic mass is 32.2. The van der Waals surface area contributed by atoms with Crippen LogP contribution >= 0.6 is 11.8 Å². The fraction of sp³-hybridized carbons (Fsp3) is 0.448. The molecule has 0 atom stereocenters. The zero-order valence-electron chi connectivity index (χ0n) is 19.3. The smallest absolute Gasteiger partial charge is 0.277 e. The highest BCUT2D eigenvalue weighted by molar-refractivity contribution is 7.98. The second-order valence-electron chi connectivity index (χ2n) is 10.1. The summed E-state index contributed by atoms with van der Waals surface area (Å²) < 4.78 is 2.54. The molecule has 3 aromatic rings. The van der Waals surface area contributed by atoms with Gasteiger partial charge in [0.25, 0.3) is 5.56 Å². The van der Waals surface area contributed by atoms with Crippen LogP contribution < -0.4 is 5.56 Å². The van der Waals surface area contributed by atoms with Crippen molar-refractivity contribution in [2.75, 3.05) is 0 Å². The fourth-order valence-electron chi connectivity index (χ4n) is 6.66. The van der Waals surface area contributed by atoms with Gasteiger partial charge in [0.15, 0.2) is 0 Å². The van der Waals surface area contributed by atoms with E-state index in [4.69, 9.17) is 4.98 Å². The zero-order valence-corrected chi connectivity index (χ0v) is 20.1. The minimum atomic E-state index is -0.0303. The average Bonchev–Trinajstić information content (AvgIpc) is 3.38.